The van der Waals surface area contributed by atoms with Crippen molar-refractivity contribution < 1.29 is 18.7 Å². The number of esters is 1. The zero-order chi connectivity index (χ0) is 21.1. The molecular weight excluding hydrogens is 389 g/mol. The number of hydrogen-bond donors (Lipinski definition) is 0. The minimum Gasteiger partial charge on any atom is -0.468 e. The summed E-state index contributed by atoms with van der Waals surface area (Å²) in [7, 11) is 1.37. The molecule has 0 spiro atoms. The maximum Gasteiger partial charge on any atom is 0.321 e. The van der Waals surface area contributed by atoms with Crippen molar-refractivity contribution >= 4 is 28.5 Å². The van der Waals surface area contributed by atoms with Crippen LogP contribution in [0, 0.1) is 11.7 Å². The molecule has 0 saturated carbocycles. The molecule has 0 saturated heterocycles. The SMILES string of the molecule is COC(=O)C1SC(c2ccc(F)cc2)=CC1N(C(=O)C1CC=C(C)CC1)C(C)C. The van der Waals surface area contributed by atoms with Crippen LogP contribution in [-0.4, -0.2) is 41.2 Å². The lowest BCUT2D eigenvalue weighted by atomic mass is 9.88. The van der Waals surface area contributed by atoms with E-state index in [2.05, 4.69) is 13.0 Å². The predicted molar refractivity (Wildman–Crippen MR) is 115 cm³/mol. The van der Waals surface area contributed by atoms with Crippen molar-refractivity contribution in [1.82, 2.24) is 4.90 Å². The van der Waals surface area contributed by atoms with Gasteiger partial charge in [-0.2, -0.15) is 0 Å². The highest BCUT2D eigenvalue weighted by molar-refractivity contribution is 8.09. The molecule has 1 aromatic carbocycles. The Labute approximate surface area is 176 Å². The summed E-state index contributed by atoms with van der Waals surface area (Å²) in [6, 6.07) is 5.74. The summed E-state index contributed by atoms with van der Waals surface area (Å²) in [4.78, 5) is 28.7. The topological polar surface area (TPSA) is 46.6 Å². The number of amides is 1. The molecule has 0 N–H and O–H groups in total. The fourth-order valence-electron chi connectivity index (χ4n) is 3.94. The molecule has 3 rings (SSSR count). The molecule has 3 atom stereocenters. The molecule has 1 aliphatic carbocycles. The molecule has 156 valence electrons. The average molecular weight is 418 g/mol. The Hall–Kier alpha value is -2.08. The molecular formula is C23H28FNO3S. The first-order valence-electron chi connectivity index (χ1n) is 10.0. The van der Waals surface area contributed by atoms with Gasteiger partial charge in [0.2, 0.25) is 5.91 Å². The number of allylic oxidation sites excluding steroid dienone is 2. The van der Waals surface area contributed by atoms with E-state index in [0.717, 1.165) is 29.7 Å². The van der Waals surface area contributed by atoms with Crippen molar-refractivity contribution in [3.05, 3.63) is 53.4 Å². The fraction of sp³-hybridized carbons (Fsp3) is 0.478. The zero-order valence-electron chi connectivity index (χ0n) is 17.4. The van der Waals surface area contributed by atoms with Gasteiger partial charge in [-0.1, -0.05) is 23.8 Å². The third-order valence-electron chi connectivity index (χ3n) is 5.57. The van der Waals surface area contributed by atoms with E-state index in [1.54, 1.807) is 12.1 Å². The average Bonchev–Trinajstić information content (AvgIpc) is 3.13. The Morgan fingerprint density at radius 2 is 1.93 bits per heavy atom. The number of benzene rings is 1. The van der Waals surface area contributed by atoms with Crippen LogP contribution >= 0.6 is 11.8 Å². The van der Waals surface area contributed by atoms with E-state index in [1.807, 2.05) is 24.8 Å². The summed E-state index contributed by atoms with van der Waals surface area (Å²) < 4.78 is 18.4. The van der Waals surface area contributed by atoms with Gasteiger partial charge >= 0.3 is 5.97 Å². The lowest BCUT2D eigenvalue weighted by molar-refractivity contribution is -0.144. The minimum absolute atomic E-state index is 0.0592. The molecule has 0 radical (unpaired) electrons. The number of thioether (sulfide) groups is 1. The molecule has 3 unspecified atom stereocenters. The van der Waals surface area contributed by atoms with Gasteiger partial charge in [0.1, 0.15) is 11.1 Å². The summed E-state index contributed by atoms with van der Waals surface area (Å²) in [5.74, 6) is -0.642. The number of methoxy groups -OCH3 is 1. The summed E-state index contributed by atoms with van der Waals surface area (Å²) in [5.41, 5.74) is 2.16. The molecule has 1 aromatic rings. The van der Waals surface area contributed by atoms with Crippen molar-refractivity contribution in [1.29, 1.82) is 0 Å². The number of nitrogens with zero attached hydrogens (tertiary/aromatic N) is 1. The first-order chi connectivity index (χ1) is 13.8. The highest BCUT2D eigenvalue weighted by Gasteiger charge is 2.43. The van der Waals surface area contributed by atoms with Crippen LogP contribution < -0.4 is 0 Å². The molecule has 1 aliphatic heterocycles. The van der Waals surface area contributed by atoms with Gasteiger partial charge in [-0.25, -0.2) is 4.39 Å². The maximum atomic E-state index is 13.4. The van der Waals surface area contributed by atoms with Gasteiger partial charge in [-0.3, -0.25) is 9.59 Å². The number of carbonyl (C=O) groups is 2. The van der Waals surface area contributed by atoms with Crippen molar-refractivity contribution in [3.8, 4) is 0 Å². The van der Waals surface area contributed by atoms with Crippen LogP contribution in [0.25, 0.3) is 4.91 Å². The number of hydrogen-bond acceptors (Lipinski definition) is 4. The molecule has 4 nitrogen and oxygen atoms in total. The van der Waals surface area contributed by atoms with Crippen molar-refractivity contribution in [2.45, 2.75) is 57.4 Å². The van der Waals surface area contributed by atoms with E-state index < -0.39 is 11.3 Å². The number of carbonyl (C=O) groups excluding carboxylic acids is 2. The van der Waals surface area contributed by atoms with Crippen LogP contribution in [0.15, 0.2) is 42.0 Å². The zero-order valence-corrected chi connectivity index (χ0v) is 18.2. The van der Waals surface area contributed by atoms with E-state index in [0.29, 0.717) is 0 Å². The van der Waals surface area contributed by atoms with E-state index in [4.69, 9.17) is 4.74 Å². The molecule has 2 aliphatic rings. The van der Waals surface area contributed by atoms with E-state index >= 15 is 0 Å². The Kier molecular flexibility index (Phi) is 6.83. The fourth-order valence-corrected chi connectivity index (χ4v) is 5.25. The van der Waals surface area contributed by atoms with Crippen LogP contribution in [0.5, 0.6) is 0 Å². The van der Waals surface area contributed by atoms with E-state index in [9.17, 15) is 14.0 Å². The molecule has 29 heavy (non-hydrogen) atoms. The van der Waals surface area contributed by atoms with Gasteiger partial charge in [0.05, 0.1) is 13.2 Å². The number of ether oxygens (including phenoxy) is 1. The highest BCUT2D eigenvalue weighted by atomic mass is 32.2. The Morgan fingerprint density at radius 3 is 2.48 bits per heavy atom. The van der Waals surface area contributed by atoms with E-state index in [1.165, 1.54) is 36.6 Å². The van der Waals surface area contributed by atoms with Crippen molar-refractivity contribution in [3.63, 3.8) is 0 Å². The van der Waals surface area contributed by atoms with Crippen LogP contribution in [0.2, 0.25) is 0 Å². The van der Waals surface area contributed by atoms with Gasteiger partial charge < -0.3 is 9.64 Å². The molecule has 6 heteroatoms. The van der Waals surface area contributed by atoms with Gasteiger partial charge in [0.25, 0.3) is 0 Å². The summed E-state index contributed by atoms with van der Waals surface area (Å²) in [5, 5.41) is -0.535. The molecule has 1 amide bonds. The largest absolute Gasteiger partial charge is 0.468 e. The first kappa shape index (κ1) is 21.6. The van der Waals surface area contributed by atoms with Crippen molar-refractivity contribution in [2.75, 3.05) is 7.11 Å². The third-order valence-corrected chi connectivity index (χ3v) is 6.92. The second kappa shape index (κ2) is 9.16. The monoisotopic (exact) mass is 417 g/mol. The Balaban J connectivity index is 1.93. The minimum atomic E-state index is -0.535. The van der Waals surface area contributed by atoms with Gasteiger partial charge in [0, 0.05) is 16.9 Å². The van der Waals surface area contributed by atoms with Crippen LogP contribution in [0.1, 0.15) is 45.6 Å². The smallest absolute Gasteiger partial charge is 0.321 e. The number of rotatable bonds is 5. The standard InChI is InChI=1S/C23H28FNO3S/c1-14(2)25(22(26)17-7-5-15(3)6-8-17)19-13-20(29-21(19)23(27)28-4)16-9-11-18(24)12-10-16/h5,9-14,17,19,21H,6-8H2,1-4H3. The molecule has 1 heterocycles. The Morgan fingerprint density at radius 1 is 1.24 bits per heavy atom. The molecule has 0 fully saturated rings. The summed E-state index contributed by atoms with van der Waals surface area (Å²) >= 11 is 1.38. The lowest BCUT2D eigenvalue weighted by Crippen LogP contribution is -2.51. The second-order valence-electron chi connectivity index (χ2n) is 7.95. The number of halogens is 1. The summed E-state index contributed by atoms with van der Waals surface area (Å²) in [6.45, 7) is 6.05. The predicted octanol–water partition coefficient (Wildman–Crippen LogP) is 4.81. The van der Waals surface area contributed by atoms with Crippen LogP contribution in [-0.2, 0) is 14.3 Å². The third kappa shape index (κ3) is 4.74. The van der Waals surface area contributed by atoms with Crippen LogP contribution in [0.4, 0.5) is 4.39 Å². The Bertz CT molecular complexity index is 831. The normalized spacial score (nSPS) is 24.1. The van der Waals surface area contributed by atoms with Crippen molar-refractivity contribution in [2.24, 2.45) is 5.92 Å². The van der Waals surface area contributed by atoms with E-state index in [-0.39, 0.29) is 29.7 Å². The maximum absolute atomic E-state index is 13.4. The second-order valence-corrected chi connectivity index (χ2v) is 9.13. The van der Waals surface area contributed by atoms with Gasteiger partial charge in [-0.05, 0) is 63.8 Å². The summed E-state index contributed by atoms with van der Waals surface area (Å²) in [6.07, 6.45) is 6.61. The molecule has 0 bridgehead atoms. The molecule has 0 aromatic heterocycles. The quantitative estimate of drug-likeness (QED) is 0.510. The lowest BCUT2D eigenvalue weighted by Gasteiger charge is -2.37. The van der Waals surface area contributed by atoms with Gasteiger partial charge in [0.15, 0.2) is 0 Å². The van der Waals surface area contributed by atoms with Gasteiger partial charge in [-0.15, -0.1) is 11.8 Å². The highest BCUT2D eigenvalue weighted by Crippen LogP contribution is 2.43. The van der Waals surface area contributed by atoms with Crippen LogP contribution in [0.3, 0.4) is 0 Å². The first-order valence-corrected chi connectivity index (χ1v) is 10.9.